The van der Waals surface area contributed by atoms with E-state index < -0.39 is 17.1 Å². The molecule has 1 atom stereocenters. The molecule has 0 aromatic heterocycles. The van der Waals surface area contributed by atoms with Gasteiger partial charge in [-0.15, -0.1) is 0 Å². The second kappa shape index (κ2) is 6.35. The average molecular weight is 361 g/mol. The highest BCUT2D eigenvalue weighted by Crippen LogP contribution is 2.65. The molecule has 3 aliphatic rings. The van der Waals surface area contributed by atoms with E-state index in [1.807, 2.05) is 19.9 Å². The van der Waals surface area contributed by atoms with Crippen LogP contribution in [0, 0.1) is 5.41 Å². The molecule has 0 aromatic carbocycles. The number of carbonyl (C=O) groups excluding carboxylic acids is 1. The molecule has 0 aliphatic heterocycles. The quantitative estimate of drug-likeness (QED) is 0.675. The first-order valence-corrected chi connectivity index (χ1v) is 9.17. The van der Waals surface area contributed by atoms with Crippen molar-refractivity contribution >= 4 is 11.9 Å². The lowest BCUT2D eigenvalue weighted by atomic mass is 9.67. The molecular weight excluding hydrogens is 334 g/mol. The van der Waals surface area contributed by atoms with E-state index in [-0.39, 0.29) is 18.9 Å². The Bertz CT molecular complexity index is 752. The van der Waals surface area contributed by atoms with Gasteiger partial charge in [0.2, 0.25) is 0 Å². The van der Waals surface area contributed by atoms with Crippen molar-refractivity contribution in [2.45, 2.75) is 52.1 Å². The molecule has 3 N–H and O–H groups in total. The first-order valence-electron chi connectivity index (χ1n) is 9.17. The Kier molecular flexibility index (Phi) is 4.61. The second-order valence-corrected chi connectivity index (χ2v) is 7.80. The molecule has 26 heavy (non-hydrogen) atoms. The number of fused-ring (bicyclic) bond motifs is 1. The fourth-order valence-electron chi connectivity index (χ4n) is 4.61. The van der Waals surface area contributed by atoms with E-state index in [9.17, 15) is 14.7 Å². The van der Waals surface area contributed by atoms with Gasteiger partial charge in [-0.25, -0.2) is 4.79 Å². The molecule has 6 nitrogen and oxygen atoms in total. The topological polar surface area (TPSA) is 98.1 Å². The number of hydrogen-bond acceptors (Lipinski definition) is 4. The summed E-state index contributed by atoms with van der Waals surface area (Å²) in [5.74, 6) is -0.197. The van der Waals surface area contributed by atoms with Crippen molar-refractivity contribution in [3.63, 3.8) is 0 Å². The summed E-state index contributed by atoms with van der Waals surface area (Å²) < 4.78 is 0. The zero-order valence-electron chi connectivity index (χ0n) is 15.6. The zero-order chi connectivity index (χ0) is 19.3. The number of allylic oxidation sites excluding steroid dienone is 4. The zero-order valence-corrected chi connectivity index (χ0v) is 15.6. The summed E-state index contributed by atoms with van der Waals surface area (Å²) in [6.07, 6.45) is 3.76. The molecule has 0 saturated heterocycles. The van der Waals surface area contributed by atoms with Gasteiger partial charge in [0.25, 0.3) is 0 Å². The van der Waals surface area contributed by atoms with Gasteiger partial charge in [0.05, 0.1) is 6.61 Å². The maximum absolute atomic E-state index is 12.9. The summed E-state index contributed by atoms with van der Waals surface area (Å²) in [5, 5.41) is 29.0. The molecule has 1 saturated carbocycles. The maximum atomic E-state index is 12.9. The molecule has 3 rings (SSSR count). The molecule has 0 heterocycles. The second-order valence-electron chi connectivity index (χ2n) is 7.80. The molecular formula is C20H27NO5. The number of aliphatic hydroxyl groups excluding tert-OH is 1. The van der Waals surface area contributed by atoms with Crippen LogP contribution in [0.1, 0.15) is 46.5 Å². The number of carbonyl (C=O) groups is 2. The van der Waals surface area contributed by atoms with Crippen molar-refractivity contribution in [1.29, 1.82) is 0 Å². The highest BCUT2D eigenvalue weighted by atomic mass is 16.4. The van der Waals surface area contributed by atoms with Crippen molar-refractivity contribution in [2.75, 3.05) is 19.7 Å². The molecule has 1 spiro atoms. The fraction of sp³-hybridized carbons (Fsp3) is 0.600. The van der Waals surface area contributed by atoms with Gasteiger partial charge in [0.15, 0.2) is 5.78 Å². The largest absolute Gasteiger partial charge is 0.465 e. The summed E-state index contributed by atoms with van der Waals surface area (Å²) in [5.41, 5.74) is 2.98. The first-order chi connectivity index (χ1) is 12.2. The van der Waals surface area contributed by atoms with Gasteiger partial charge in [-0.05, 0) is 69.2 Å². The van der Waals surface area contributed by atoms with Crippen LogP contribution in [0.4, 0.5) is 4.79 Å². The van der Waals surface area contributed by atoms with E-state index in [0.717, 1.165) is 35.1 Å². The highest BCUT2D eigenvalue weighted by molar-refractivity contribution is 6.10. The van der Waals surface area contributed by atoms with Gasteiger partial charge < -0.3 is 20.2 Å². The molecule has 142 valence electrons. The van der Waals surface area contributed by atoms with Gasteiger partial charge >= 0.3 is 6.09 Å². The van der Waals surface area contributed by atoms with E-state index in [0.29, 0.717) is 25.0 Å². The smallest absolute Gasteiger partial charge is 0.407 e. The molecule has 0 bridgehead atoms. The van der Waals surface area contributed by atoms with E-state index >= 15 is 0 Å². The van der Waals surface area contributed by atoms with Gasteiger partial charge in [-0.1, -0.05) is 5.57 Å². The lowest BCUT2D eigenvalue weighted by molar-refractivity contribution is -0.137. The minimum atomic E-state index is -1.34. The number of nitrogens with zero attached hydrogens (tertiary/aromatic N) is 1. The van der Waals surface area contributed by atoms with E-state index in [2.05, 4.69) is 0 Å². The van der Waals surface area contributed by atoms with Crippen LogP contribution in [0.5, 0.6) is 0 Å². The fourth-order valence-corrected chi connectivity index (χ4v) is 4.61. The Morgan fingerprint density at radius 1 is 1.27 bits per heavy atom. The van der Waals surface area contributed by atoms with Crippen molar-refractivity contribution < 1.29 is 24.9 Å². The van der Waals surface area contributed by atoms with Crippen LogP contribution in [-0.2, 0) is 4.79 Å². The normalized spacial score (nSPS) is 26.3. The summed E-state index contributed by atoms with van der Waals surface area (Å²) in [6, 6.07) is 0. The average Bonchev–Trinajstić information content (AvgIpc) is 3.32. The standard InChI is InChI=1S/C20H27NO5/c1-12-11-15-16(13(2)20(6-7-20)19(3,26)17(15)23)14(12)5-4-8-21(9-10-22)18(24)25/h11,22,26H,4-10H2,1-3H3,(H,24,25)/t19-/m0/s1. The molecule has 3 aliphatic carbocycles. The lowest BCUT2D eigenvalue weighted by Gasteiger charge is -2.39. The Hall–Kier alpha value is -1.92. The Labute approximate surface area is 153 Å². The summed E-state index contributed by atoms with van der Waals surface area (Å²) in [4.78, 5) is 25.3. The predicted molar refractivity (Wildman–Crippen MR) is 96.7 cm³/mol. The minimum Gasteiger partial charge on any atom is -0.465 e. The summed E-state index contributed by atoms with van der Waals surface area (Å²) in [6.45, 7) is 5.86. The van der Waals surface area contributed by atoms with Crippen LogP contribution in [0.2, 0.25) is 0 Å². The summed E-state index contributed by atoms with van der Waals surface area (Å²) in [7, 11) is 0. The highest BCUT2D eigenvalue weighted by Gasteiger charge is 2.64. The third-order valence-electron chi connectivity index (χ3n) is 6.36. The number of ketones is 1. The molecule has 0 unspecified atom stereocenters. The van der Waals surface area contributed by atoms with Crippen LogP contribution in [0.15, 0.2) is 33.9 Å². The van der Waals surface area contributed by atoms with E-state index in [1.165, 1.54) is 4.90 Å². The first kappa shape index (κ1) is 18.9. The number of hydrogen-bond donors (Lipinski definition) is 3. The summed E-state index contributed by atoms with van der Waals surface area (Å²) >= 11 is 0. The van der Waals surface area contributed by atoms with Crippen molar-refractivity contribution in [3.8, 4) is 0 Å². The van der Waals surface area contributed by atoms with Crippen LogP contribution >= 0.6 is 0 Å². The predicted octanol–water partition coefficient (Wildman–Crippen LogP) is 2.43. The molecule has 0 aromatic rings. The van der Waals surface area contributed by atoms with Crippen molar-refractivity contribution in [2.24, 2.45) is 5.41 Å². The van der Waals surface area contributed by atoms with Crippen LogP contribution < -0.4 is 0 Å². The Balaban J connectivity index is 1.82. The minimum absolute atomic E-state index is 0.100. The third kappa shape index (κ3) is 2.63. The van der Waals surface area contributed by atoms with Gasteiger partial charge in [-0.2, -0.15) is 0 Å². The Morgan fingerprint density at radius 2 is 1.92 bits per heavy atom. The maximum Gasteiger partial charge on any atom is 0.407 e. The van der Waals surface area contributed by atoms with E-state index in [4.69, 9.17) is 10.2 Å². The lowest BCUT2D eigenvalue weighted by Crippen LogP contribution is -2.49. The number of carboxylic acid groups (broad SMARTS) is 1. The molecule has 1 fully saturated rings. The van der Waals surface area contributed by atoms with Crippen molar-refractivity contribution in [1.82, 2.24) is 4.90 Å². The molecule has 1 amide bonds. The van der Waals surface area contributed by atoms with Gasteiger partial charge in [0.1, 0.15) is 5.60 Å². The van der Waals surface area contributed by atoms with Gasteiger partial charge in [0, 0.05) is 24.1 Å². The number of aliphatic hydroxyl groups is 2. The van der Waals surface area contributed by atoms with Gasteiger partial charge in [-0.3, -0.25) is 4.79 Å². The SMILES string of the molecule is CC1=C(CCCN(CCO)C(=O)O)C2=C(C)C3(CC3)[C@@](C)(O)C(=O)C2=C1. The van der Waals surface area contributed by atoms with Crippen LogP contribution in [0.25, 0.3) is 0 Å². The third-order valence-corrected chi connectivity index (χ3v) is 6.36. The Morgan fingerprint density at radius 3 is 2.46 bits per heavy atom. The molecule has 0 radical (unpaired) electrons. The number of rotatable bonds is 6. The molecule has 6 heteroatoms. The van der Waals surface area contributed by atoms with Crippen molar-refractivity contribution in [3.05, 3.63) is 33.9 Å². The van der Waals surface area contributed by atoms with Crippen LogP contribution in [-0.4, -0.2) is 57.4 Å². The van der Waals surface area contributed by atoms with Crippen LogP contribution in [0.3, 0.4) is 0 Å². The number of Topliss-reactive ketones (excluding diaryl/α,β-unsaturated/α-hetero) is 1. The number of amides is 1. The monoisotopic (exact) mass is 361 g/mol. The van der Waals surface area contributed by atoms with E-state index in [1.54, 1.807) is 6.92 Å².